The number of nitrogens with two attached hydrogens (primary N) is 1. The molecule has 0 fully saturated rings. The lowest BCUT2D eigenvalue weighted by atomic mass is 10.2. The highest BCUT2D eigenvalue weighted by atomic mass is 35.5. The molecule has 2 aromatic heterocycles. The highest BCUT2D eigenvalue weighted by Crippen LogP contribution is 2.28. The molecule has 0 bridgehead atoms. The molecule has 0 atom stereocenters. The van der Waals surface area contributed by atoms with Crippen molar-refractivity contribution in [3.63, 3.8) is 0 Å². The van der Waals surface area contributed by atoms with Crippen LogP contribution < -0.4 is 5.73 Å². The maximum absolute atomic E-state index is 5.94. The van der Waals surface area contributed by atoms with Crippen LogP contribution in [0, 0.1) is 6.92 Å². The normalized spacial score (nSPS) is 11.0. The molecule has 2 N–H and O–H groups in total. The second-order valence-electron chi connectivity index (χ2n) is 4.05. The van der Waals surface area contributed by atoms with E-state index in [0.29, 0.717) is 16.5 Å². The molecule has 2 heterocycles. The van der Waals surface area contributed by atoms with Crippen LogP contribution in [0.1, 0.15) is 5.69 Å². The Morgan fingerprint density at radius 3 is 2.78 bits per heavy atom. The van der Waals surface area contributed by atoms with E-state index in [1.54, 1.807) is 6.07 Å². The van der Waals surface area contributed by atoms with Crippen LogP contribution in [0.4, 0.5) is 5.95 Å². The Morgan fingerprint density at radius 2 is 2.00 bits per heavy atom. The van der Waals surface area contributed by atoms with Gasteiger partial charge in [-0.15, -0.1) is 0 Å². The SMILES string of the molecule is Cc1cc(-c2cc3cc(Cl)ccc3o2)nc(N)n1. The number of aryl methyl sites for hydroxylation is 1. The van der Waals surface area contributed by atoms with E-state index >= 15 is 0 Å². The van der Waals surface area contributed by atoms with Gasteiger partial charge in [-0.1, -0.05) is 11.6 Å². The summed E-state index contributed by atoms with van der Waals surface area (Å²) < 4.78 is 5.71. The first-order chi connectivity index (χ1) is 8.61. The van der Waals surface area contributed by atoms with E-state index in [1.165, 1.54) is 0 Å². The third-order valence-electron chi connectivity index (χ3n) is 2.60. The molecule has 3 aromatic rings. The molecule has 5 heteroatoms. The fraction of sp³-hybridized carbons (Fsp3) is 0.0769. The van der Waals surface area contributed by atoms with Crippen molar-refractivity contribution >= 4 is 28.5 Å². The highest BCUT2D eigenvalue weighted by molar-refractivity contribution is 6.31. The van der Waals surface area contributed by atoms with Gasteiger partial charge in [-0.25, -0.2) is 9.97 Å². The number of nitrogen functional groups attached to an aromatic ring is 1. The van der Waals surface area contributed by atoms with Gasteiger partial charge in [0.15, 0.2) is 5.76 Å². The first-order valence-electron chi connectivity index (χ1n) is 5.42. The van der Waals surface area contributed by atoms with Gasteiger partial charge in [-0.3, -0.25) is 0 Å². The molecule has 4 nitrogen and oxygen atoms in total. The fourth-order valence-corrected chi connectivity index (χ4v) is 2.04. The van der Waals surface area contributed by atoms with Gasteiger partial charge in [0.2, 0.25) is 5.95 Å². The minimum Gasteiger partial charge on any atom is -0.454 e. The van der Waals surface area contributed by atoms with Crippen molar-refractivity contribution in [1.29, 1.82) is 0 Å². The monoisotopic (exact) mass is 259 g/mol. The third-order valence-corrected chi connectivity index (χ3v) is 2.84. The lowest BCUT2D eigenvalue weighted by molar-refractivity contribution is 0.628. The average Bonchev–Trinajstić information content (AvgIpc) is 2.70. The van der Waals surface area contributed by atoms with Crippen molar-refractivity contribution in [3.05, 3.63) is 41.0 Å². The Bertz CT molecular complexity index is 716. The van der Waals surface area contributed by atoms with Crippen LogP contribution in [0.3, 0.4) is 0 Å². The van der Waals surface area contributed by atoms with E-state index in [0.717, 1.165) is 16.7 Å². The zero-order valence-electron chi connectivity index (χ0n) is 9.64. The van der Waals surface area contributed by atoms with Gasteiger partial charge < -0.3 is 10.2 Å². The van der Waals surface area contributed by atoms with Crippen molar-refractivity contribution in [2.45, 2.75) is 6.92 Å². The molecule has 0 aliphatic heterocycles. The number of halogens is 1. The van der Waals surface area contributed by atoms with E-state index < -0.39 is 0 Å². The molecule has 0 aliphatic carbocycles. The second-order valence-corrected chi connectivity index (χ2v) is 4.48. The van der Waals surface area contributed by atoms with E-state index in [9.17, 15) is 0 Å². The summed E-state index contributed by atoms with van der Waals surface area (Å²) in [6, 6.07) is 9.19. The molecule has 18 heavy (non-hydrogen) atoms. The maximum atomic E-state index is 5.94. The van der Waals surface area contributed by atoms with Crippen molar-refractivity contribution < 1.29 is 4.42 Å². The van der Waals surface area contributed by atoms with E-state index in [2.05, 4.69) is 9.97 Å². The molecule has 0 saturated heterocycles. The molecule has 0 radical (unpaired) electrons. The van der Waals surface area contributed by atoms with Crippen LogP contribution in [0.5, 0.6) is 0 Å². The predicted molar refractivity (Wildman–Crippen MR) is 71.4 cm³/mol. The Labute approximate surface area is 108 Å². The summed E-state index contributed by atoms with van der Waals surface area (Å²) in [7, 11) is 0. The number of aromatic nitrogens is 2. The summed E-state index contributed by atoms with van der Waals surface area (Å²) in [5, 5.41) is 1.61. The van der Waals surface area contributed by atoms with E-state index in [-0.39, 0.29) is 5.95 Å². The van der Waals surface area contributed by atoms with Crippen LogP contribution in [0.15, 0.2) is 34.7 Å². The number of benzene rings is 1. The van der Waals surface area contributed by atoms with Gasteiger partial charge in [0, 0.05) is 16.1 Å². The van der Waals surface area contributed by atoms with Gasteiger partial charge in [-0.05, 0) is 37.3 Å². The highest BCUT2D eigenvalue weighted by Gasteiger charge is 2.09. The van der Waals surface area contributed by atoms with Gasteiger partial charge in [0.05, 0.1) is 0 Å². The topological polar surface area (TPSA) is 64.9 Å². The number of furan rings is 1. The fourth-order valence-electron chi connectivity index (χ4n) is 1.86. The molecule has 0 saturated carbocycles. The van der Waals surface area contributed by atoms with Gasteiger partial charge >= 0.3 is 0 Å². The second kappa shape index (κ2) is 3.99. The predicted octanol–water partition coefficient (Wildman–Crippen LogP) is 3.43. The van der Waals surface area contributed by atoms with E-state index in [4.69, 9.17) is 21.8 Å². The molecule has 0 amide bonds. The number of hydrogen-bond acceptors (Lipinski definition) is 4. The molecular formula is C13H10ClN3O. The molecule has 0 aliphatic rings. The first kappa shape index (κ1) is 11.0. The zero-order chi connectivity index (χ0) is 12.7. The maximum Gasteiger partial charge on any atom is 0.220 e. The smallest absolute Gasteiger partial charge is 0.220 e. The standard InChI is InChI=1S/C13H10ClN3O/c1-7-4-10(17-13(15)16-7)12-6-8-5-9(14)2-3-11(8)18-12/h2-6H,1H3,(H2,15,16,17). The van der Waals surface area contributed by atoms with Crippen molar-refractivity contribution in [2.75, 3.05) is 5.73 Å². The van der Waals surface area contributed by atoms with Crippen molar-refractivity contribution in [2.24, 2.45) is 0 Å². The summed E-state index contributed by atoms with van der Waals surface area (Å²) in [4.78, 5) is 8.19. The quantitative estimate of drug-likeness (QED) is 0.727. The van der Waals surface area contributed by atoms with Crippen molar-refractivity contribution in [3.8, 4) is 11.5 Å². The van der Waals surface area contributed by atoms with Gasteiger partial charge in [0.25, 0.3) is 0 Å². The Hall–Kier alpha value is -2.07. The van der Waals surface area contributed by atoms with E-state index in [1.807, 2.05) is 31.2 Å². The molecule has 0 spiro atoms. The zero-order valence-corrected chi connectivity index (χ0v) is 10.4. The lowest BCUT2D eigenvalue weighted by Crippen LogP contribution is -1.97. The Balaban J connectivity index is 2.19. The summed E-state index contributed by atoms with van der Waals surface area (Å²) in [6.45, 7) is 1.86. The largest absolute Gasteiger partial charge is 0.454 e. The van der Waals surface area contributed by atoms with Gasteiger partial charge in [-0.2, -0.15) is 0 Å². The summed E-state index contributed by atoms with van der Waals surface area (Å²) >= 11 is 5.94. The lowest BCUT2D eigenvalue weighted by Gasteiger charge is -1.99. The average molecular weight is 260 g/mol. The summed E-state index contributed by atoms with van der Waals surface area (Å²) in [5.41, 5.74) is 7.87. The number of anilines is 1. The molecule has 3 rings (SSSR count). The first-order valence-corrected chi connectivity index (χ1v) is 5.80. The van der Waals surface area contributed by atoms with Crippen LogP contribution in [-0.2, 0) is 0 Å². The number of nitrogens with zero attached hydrogens (tertiary/aromatic N) is 2. The minimum atomic E-state index is 0.239. The number of hydrogen-bond donors (Lipinski definition) is 1. The molecule has 90 valence electrons. The number of fused-ring (bicyclic) bond motifs is 1. The summed E-state index contributed by atoms with van der Waals surface area (Å²) in [5.74, 6) is 0.896. The Kier molecular flexibility index (Phi) is 2.45. The van der Waals surface area contributed by atoms with Crippen LogP contribution in [-0.4, -0.2) is 9.97 Å². The molecular weight excluding hydrogens is 250 g/mol. The third kappa shape index (κ3) is 1.91. The van der Waals surface area contributed by atoms with Crippen LogP contribution >= 0.6 is 11.6 Å². The Morgan fingerprint density at radius 1 is 1.17 bits per heavy atom. The molecule has 0 unspecified atom stereocenters. The van der Waals surface area contributed by atoms with Crippen LogP contribution in [0.2, 0.25) is 5.02 Å². The van der Waals surface area contributed by atoms with Crippen LogP contribution in [0.25, 0.3) is 22.4 Å². The van der Waals surface area contributed by atoms with Gasteiger partial charge in [0.1, 0.15) is 11.3 Å². The minimum absolute atomic E-state index is 0.239. The number of rotatable bonds is 1. The molecule has 1 aromatic carbocycles. The summed E-state index contributed by atoms with van der Waals surface area (Å²) in [6.07, 6.45) is 0. The van der Waals surface area contributed by atoms with Crippen molar-refractivity contribution in [1.82, 2.24) is 9.97 Å².